The number of nitrogens with two attached hydrogens (primary N) is 1. The first-order chi connectivity index (χ1) is 8.17. The molecule has 0 saturated carbocycles. The third-order valence-electron chi connectivity index (χ3n) is 2.21. The van der Waals surface area contributed by atoms with E-state index in [-0.39, 0.29) is 0 Å². The quantitative estimate of drug-likeness (QED) is 0.404. The van der Waals surface area contributed by atoms with E-state index in [0.29, 0.717) is 5.96 Å². The molecule has 0 amide bonds. The monoisotopic (exact) mass is 233 g/mol. The van der Waals surface area contributed by atoms with Crippen LogP contribution in [0.4, 0.5) is 0 Å². The molecule has 0 unspecified atom stereocenters. The Hall–Kier alpha value is -2.17. The average molecular weight is 233 g/mol. The lowest BCUT2D eigenvalue weighted by molar-refractivity contribution is 0.406. The van der Waals surface area contributed by atoms with Crippen molar-refractivity contribution < 1.29 is 0 Å². The second-order valence-electron chi connectivity index (χ2n) is 3.49. The Morgan fingerprint density at radius 3 is 2.53 bits per heavy atom. The van der Waals surface area contributed by atoms with Gasteiger partial charge < -0.3 is 11.1 Å². The van der Waals surface area contributed by atoms with Gasteiger partial charge in [0, 0.05) is 27.3 Å². The van der Waals surface area contributed by atoms with Crippen molar-refractivity contribution in [3.63, 3.8) is 0 Å². The SMILES string of the molecule is CN=C(N)NN(C)/C=C(\NC)c1ccccc1. The summed E-state index contributed by atoms with van der Waals surface area (Å²) in [6, 6.07) is 10.0. The minimum atomic E-state index is 0.368. The van der Waals surface area contributed by atoms with Gasteiger partial charge in [-0.1, -0.05) is 30.3 Å². The molecule has 4 N–H and O–H groups in total. The molecule has 17 heavy (non-hydrogen) atoms. The minimum Gasteiger partial charge on any atom is -0.386 e. The second-order valence-corrected chi connectivity index (χ2v) is 3.49. The van der Waals surface area contributed by atoms with Gasteiger partial charge in [0.1, 0.15) is 0 Å². The van der Waals surface area contributed by atoms with Crippen molar-refractivity contribution in [2.75, 3.05) is 21.1 Å². The summed E-state index contributed by atoms with van der Waals surface area (Å²) in [5, 5.41) is 4.89. The molecule has 0 spiro atoms. The molecule has 1 rings (SSSR count). The number of benzene rings is 1. The van der Waals surface area contributed by atoms with Crippen LogP contribution < -0.4 is 16.5 Å². The lowest BCUT2D eigenvalue weighted by atomic mass is 10.2. The van der Waals surface area contributed by atoms with Crippen molar-refractivity contribution in [2.45, 2.75) is 0 Å². The van der Waals surface area contributed by atoms with Crippen LogP contribution in [-0.4, -0.2) is 32.1 Å². The lowest BCUT2D eigenvalue weighted by Crippen LogP contribution is -2.41. The van der Waals surface area contributed by atoms with Crippen molar-refractivity contribution in [1.29, 1.82) is 0 Å². The summed E-state index contributed by atoms with van der Waals surface area (Å²) in [4.78, 5) is 3.83. The van der Waals surface area contributed by atoms with Crippen molar-refractivity contribution in [1.82, 2.24) is 15.8 Å². The lowest BCUT2D eigenvalue weighted by Gasteiger charge is -2.18. The number of aliphatic imine (C=N–C) groups is 1. The van der Waals surface area contributed by atoms with Gasteiger partial charge in [0.25, 0.3) is 0 Å². The predicted octanol–water partition coefficient (Wildman–Crippen LogP) is 0.585. The largest absolute Gasteiger partial charge is 0.386 e. The van der Waals surface area contributed by atoms with Crippen LogP contribution in [0.1, 0.15) is 5.56 Å². The van der Waals surface area contributed by atoms with E-state index in [0.717, 1.165) is 11.3 Å². The van der Waals surface area contributed by atoms with E-state index in [4.69, 9.17) is 5.73 Å². The molecule has 0 bridgehead atoms. The highest BCUT2D eigenvalue weighted by Gasteiger charge is 2.00. The normalized spacial score (nSPS) is 12.2. The van der Waals surface area contributed by atoms with Crippen LogP contribution in [0.2, 0.25) is 0 Å². The molecule has 0 radical (unpaired) electrons. The van der Waals surface area contributed by atoms with Crippen LogP contribution in [0.5, 0.6) is 0 Å². The number of hydrogen-bond donors (Lipinski definition) is 3. The van der Waals surface area contributed by atoms with Crippen molar-refractivity contribution in [2.24, 2.45) is 10.7 Å². The highest BCUT2D eigenvalue weighted by molar-refractivity contribution is 5.77. The number of hydrogen-bond acceptors (Lipinski definition) is 3. The zero-order valence-corrected chi connectivity index (χ0v) is 10.4. The maximum absolute atomic E-state index is 5.58. The Morgan fingerprint density at radius 2 is 2.00 bits per heavy atom. The number of nitrogens with zero attached hydrogens (tertiary/aromatic N) is 2. The van der Waals surface area contributed by atoms with E-state index in [1.807, 2.05) is 50.6 Å². The maximum Gasteiger partial charge on any atom is 0.207 e. The summed E-state index contributed by atoms with van der Waals surface area (Å²) < 4.78 is 0. The van der Waals surface area contributed by atoms with E-state index in [1.165, 1.54) is 0 Å². The van der Waals surface area contributed by atoms with Gasteiger partial charge in [-0.05, 0) is 5.56 Å². The highest BCUT2D eigenvalue weighted by Crippen LogP contribution is 2.09. The summed E-state index contributed by atoms with van der Waals surface area (Å²) in [5.41, 5.74) is 10.6. The molecule has 0 aliphatic rings. The molecule has 0 aliphatic carbocycles. The molecule has 0 atom stereocenters. The molecule has 0 fully saturated rings. The van der Waals surface area contributed by atoms with E-state index in [1.54, 1.807) is 12.1 Å². The first-order valence-corrected chi connectivity index (χ1v) is 5.34. The molecule has 92 valence electrons. The van der Waals surface area contributed by atoms with E-state index in [9.17, 15) is 0 Å². The Morgan fingerprint density at radius 1 is 1.35 bits per heavy atom. The maximum atomic E-state index is 5.58. The zero-order chi connectivity index (χ0) is 12.7. The van der Waals surface area contributed by atoms with Crippen molar-refractivity contribution >= 4 is 11.7 Å². The Bertz CT molecular complexity index is 397. The fourth-order valence-corrected chi connectivity index (χ4v) is 1.36. The van der Waals surface area contributed by atoms with Crippen LogP contribution in [0.15, 0.2) is 41.5 Å². The molecular weight excluding hydrogens is 214 g/mol. The van der Waals surface area contributed by atoms with Gasteiger partial charge >= 0.3 is 0 Å². The zero-order valence-electron chi connectivity index (χ0n) is 10.4. The van der Waals surface area contributed by atoms with E-state index in [2.05, 4.69) is 15.7 Å². The van der Waals surface area contributed by atoms with Crippen LogP contribution in [0.3, 0.4) is 0 Å². The van der Waals surface area contributed by atoms with Crippen molar-refractivity contribution in [3.8, 4) is 0 Å². The summed E-state index contributed by atoms with van der Waals surface area (Å²) in [7, 11) is 5.37. The third-order valence-corrected chi connectivity index (χ3v) is 2.21. The Labute approximate surface area is 102 Å². The molecule has 0 saturated heterocycles. The third kappa shape index (κ3) is 4.06. The van der Waals surface area contributed by atoms with E-state index >= 15 is 0 Å². The van der Waals surface area contributed by atoms with Gasteiger partial charge in [0.15, 0.2) is 0 Å². The van der Waals surface area contributed by atoms with Gasteiger partial charge in [0.2, 0.25) is 5.96 Å². The molecule has 1 aromatic rings. The predicted molar refractivity (Wildman–Crippen MR) is 71.9 cm³/mol. The molecule has 1 aromatic carbocycles. The molecule has 5 nitrogen and oxygen atoms in total. The first-order valence-electron chi connectivity index (χ1n) is 5.34. The summed E-state index contributed by atoms with van der Waals surface area (Å²) in [6.45, 7) is 0. The van der Waals surface area contributed by atoms with E-state index < -0.39 is 0 Å². The molecular formula is C12H19N5. The molecule has 0 aromatic heterocycles. The van der Waals surface area contributed by atoms with Crippen LogP contribution in [0, 0.1) is 0 Å². The Kier molecular flexibility index (Phi) is 4.87. The van der Waals surface area contributed by atoms with Crippen LogP contribution in [0.25, 0.3) is 5.70 Å². The van der Waals surface area contributed by atoms with Crippen LogP contribution >= 0.6 is 0 Å². The fourth-order valence-electron chi connectivity index (χ4n) is 1.36. The fraction of sp³-hybridized carbons (Fsp3) is 0.250. The van der Waals surface area contributed by atoms with Gasteiger partial charge in [-0.15, -0.1) is 0 Å². The topological polar surface area (TPSA) is 65.7 Å². The number of guanidine groups is 1. The van der Waals surface area contributed by atoms with Gasteiger partial charge in [-0.25, -0.2) is 0 Å². The molecule has 5 heteroatoms. The van der Waals surface area contributed by atoms with Crippen LogP contribution in [-0.2, 0) is 0 Å². The molecule has 0 aliphatic heterocycles. The first kappa shape index (κ1) is 12.9. The highest BCUT2D eigenvalue weighted by atomic mass is 15.5. The van der Waals surface area contributed by atoms with Crippen molar-refractivity contribution in [3.05, 3.63) is 42.1 Å². The summed E-state index contributed by atoms with van der Waals surface area (Å²) in [6.07, 6.45) is 1.91. The second kappa shape index (κ2) is 6.42. The summed E-state index contributed by atoms with van der Waals surface area (Å²) in [5.74, 6) is 0.368. The van der Waals surface area contributed by atoms with Gasteiger partial charge in [-0.2, -0.15) is 0 Å². The van der Waals surface area contributed by atoms with Gasteiger partial charge in [0.05, 0.1) is 5.70 Å². The summed E-state index contributed by atoms with van der Waals surface area (Å²) >= 11 is 0. The Balaban J connectivity index is 2.80. The number of nitrogens with one attached hydrogen (secondary N) is 2. The van der Waals surface area contributed by atoms with Gasteiger partial charge in [-0.3, -0.25) is 15.4 Å². The minimum absolute atomic E-state index is 0.368. The number of rotatable bonds is 4. The number of hydrazine groups is 1. The smallest absolute Gasteiger partial charge is 0.207 e. The average Bonchev–Trinajstić information content (AvgIpc) is 2.36. The standard InChI is InChI=1S/C12H19N5/c1-14-11(10-7-5-4-6-8-10)9-17(3)16-12(13)15-2/h4-9,14H,1-3H3,(H3,13,15,16)/b11-9-. The molecule has 0 heterocycles.